The van der Waals surface area contributed by atoms with Crippen molar-refractivity contribution in [2.75, 3.05) is 18.2 Å². The predicted octanol–water partition coefficient (Wildman–Crippen LogP) is 4.56. The highest BCUT2D eigenvalue weighted by molar-refractivity contribution is 8.03. The number of carbonyl (C=O) groups is 2. The standard InChI is InChI=1S/C23H21N3O3S2/c1-29-15-6-2-5-14(11-15)25-20(28)13-31-23-16(12-24)21(19-9-4-10-30-19)22-17(26-23)7-3-8-18(22)27/h2,4-6,9-11,21,26H,3,7-8,13H2,1H3,(H,25,28)/t21-/m0/s1. The summed E-state index contributed by atoms with van der Waals surface area (Å²) in [5.74, 6) is 0.349. The zero-order valence-electron chi connectivity index (χ0n) is 16.9. The number of amides is 1. The summed E-state index contributed by atoms with van der Waals surface area (Å²) in [5.41, 5.74) is 2.73. The van der Waals surface area contributed by atoms with E-state index in [1.54, 1.807) is 25.3 Å². The molecule has 1 amide bonds. The monoisotopic (exact) mass is 451 g/mol. The van der Waals surface area contributed by atoms with Crippen molar-refractivity contribution in [3.63, 3.8) is 0 Å². The van der Waals surface area contributed by atoms with Gasteiger partial charge in [-0.2, -0.15) is 5.26 Å². The number of allylic oxidation sites excluding steroid dienone is 3. The Morgan fingerprint density at radius 3 is 2.97 bits per heavy atom. The summed E-state index contributed by atoms with van der Waals surface area (Å²) in [6.07, 6.45) is 2.06. The van der Waals surface area contributed by atoms with Gasteiger partial charge in [-0.1, -0.05) is 23.9 Å². The quantitative estimate of drug-likeness (QED) is 0.669. The summed E-state index contributed by atoms with van der Waals surface area (Å²) in [4.78, 5) is 26.2. The number of benzene rings is 1. The van der Waals surface area contributed by atoms with Crippen LogP contribution in [0.15, 0.2) is 63.7 Å². The summed E-state index contributed by atoms with van der Waals surface area (Å²) in [6.45, 7) is 0. The van der Waals surface area contributed by atoms with Crippen LogP contribution in [0.4, 0.5) is 5.69 Å². The summed E-state index contributed by atoms with van der Waals surface area (Å²) in [6, 6.07) is 13.3. The Morgan fingerprint density at radius 1 is 1.35 bits per heavy atom. The van der Waals surface area contributed by atoms with Crippen LogP contribution in [0.3, 0.4) is 0 Å². The summed E-state index contributed by atoms with van der Waals surface area (Å²) in [5, 5.41) is 18.7. The van der Waals surface area contributed by atoms with Gasteiger partial charge in [0, 0.05) is 34.3 Å². The van der Waals surface area contributed by atoms with E-state index in [9.17, 15) is 14.9 Å². The maximum atomic E-state index is 12.7. The third-order valence-corrected chi connectivity index (χ3v) is 7.15. The minimum atomic E-state index is -0.363. The molecule has 0 unspecified atom stereocenters. The topological polar surface area (TPSA) is 91.2 Å². The van der Waals surface area contributed by atoms with E-state index in [4.69, 9.17) is 4.74 Å². The zero-order valence-corrected chi connectivity index (χ0v) is 18.6. The number of hydrogen-bond donors (Lipinski definition) is 2. The van der Waals surface area contributed by atoms with E-state index in [1.807, 2.05) is 23.6 Å². The Balaban J connectivity index is 1.55. The minimum absolute atomic E-state index is 0.0970. The van der Waals surface area contributed by atoms with Crippen molar-refractivity contribution in [3.05, 3.63) is 68.5 Å². The predicted molar refractivity (Wildman–Crippen MR) is 123 cm³/mol. The van der Waals surface area contributed by atoms with Gasteiger partial charge >= 0.3 is 0 Å². The molecule has 0 bridgehead atoms. The Labute approximate surface area is 189 Å². The molecule has 158 valence electrons. The number of dihydropyridines is 1. The number of hydrogen-bond acceptors (Lipinski definition) is 7. The van der Waals surface area contributed by atoms with Crippen LogP contribution in [0.2, 0.25) is 0 Å². The third kappa shape index (κ3) is 4.53. The average Bonchev–Trinajstić information content (AvgIpc) is 3.31. The van der Waals surface area contributed by atoms with Crippen molar-refractivity contribution < 1.29 is 14.3 Å². The van der Waals surface area contributed by atoms with E-state index in [1.165, 1.54) is 23.1 Å². The van der Waals surface area contributed by atoms with Gasteiger partial charge < -0.3 is 15.4 Å². The highest BCUT2D eigenvalue weighted by Crippen LogP contribution is 2.45. The number of nitrogens with one attached hydrogen (secondary N) is 2. The first-order valence-electron chi connectivity index (χ1n) is 9.88. The van der Waals surface area contributed by atoms with Crippen LogP contribution in [0.5, 0.6) is 5.75 Å². The first kappa shape index (κ1) is 21.2. The van der Waals surface area contributed by atoms with Gasteiger partial charge in [0.05, 0.1) is 35.5 Å². The lowest BCUT2D eigenvalue weighted by molar-refractivity contribution is -0.116. The van der Waals surface area contributed by atoms with Gasteiger partial charge in [0.15, 0.2) is 5.78 Å². The SMILES string of the molecule is COc1cccc(NC(=O)CSC2=C(C#N)[C@@H](c3cccs3)C3=C(CCCC3=O)N2)c1. The minimum Gasteiger partial charge on any atom is -0.497 e. The second-order valence-electron chi connectivity index (χ2n) is 7.17. The number of anilines is 1. The number of methoxy groups -OCH3 is 1. The van der Waals surface area contributed by atoms with Crippen LogP contribution in [0.1, 0.15) is 30.1 Å². The first-order valence-corrected chi connectivity index (χ1v) is 11.7. The van der Waals surface area contributed by atoms with E-state index in [-0.39, 0.29) is 23.4 Å². The van der Waals surface area contributed by atoms with E-state index >= 15 is 0 Å². The maximum Gasteiger partial charge on any atom is 0.234 e. The summed E-state index contributed by atoms with van der Waals surface area (Å²) < 4.78 is 5.18. The molecule has 2 N–H and O–H groups in total. The van der Waals surface area contributed by atoms with Gasteiger partial charge in [-0.05, 0) is 36.4 Å². The number of Topliss-reactive ketones (excluding diaryl/α,β-unsaturated/α-hetero) is 1. The molecule has 2 heterocycles. The number of nitriles is 1. The van der Waals surface area contributed by atoms with Crippen molar-refractivity contribution in [1.82, 2.24) is 5.32 Å². The molecule has 1 aromatic carbocycles. The van der Waals surface area contributed by atoms with Gasteiger partial charge in [-0.3, -0.25) is 9.59 Å². The second-order valence-corrected chi connectivity index (χ2v) is 9.13. The van der Waals surface area contributed by atoms with Gasteiger partial charge in [-0.25, -0.2) is 0 Å². The number of thiophene rings is 1. The van der Waals surface area contributed by atoms with E-state index in [2.05, 4.69) is 16.7 Å². The molecule has 2 aliphatic rings. The largest absolute Gasteiger partial charge is 0.497 e. The number of ether oxygens (including phenoxy) is 1. The summed E-state index contributed by atoms with van der Waals surface area (Å²) in [7, 11) is 1.57. The first-order chi connectivity index (χ1) is 15.1. The van der Waals surface area contributed by atoms with Gasteiger partial charge in [0.2, 0.25) is 5.91 Å². The molecule has 1 atom stereocenters. The smallest absolute Gasteiger partial charge is 0.234 e. The highest BCUT2D eigenvalue weighted by atomic mass is 32.2. The highest BCUT2D eigenvalue weighted by Gasteiger charge is 2.37. The molecular formula is C23H21N3O3S2. The summed E-state index contributed by atoms with van der Waals surface area (Å²) >= 11 is 2.83. The number of thioether (sulfide) groups is 1. The third-order valence-electron chi connectivity index (χ3n) is 5.19. The van der Waals surface area contributed by atoms with E-state index in [0.29, 0.717) is 34.0 Å². The molecule has 1 aliphatic heterocycles. The van der Waals surface area contributed by atoms with Crippen LogP contribution in [0, 0.1) is 11.3 Å². The number of carbonyl (C=O) groups excluding carboxylic acids is 2. The average molecular weight is 452 g/mol. The fourth-order valence-electron chi connectivity index (χ4n) is 3.81. The van der Waals surface area contributed by atoms with Crippen LogP contribution >= 0.6 is 23.1 Å². The molecule has 8 heteroatoms. The molecule has 0 saturated heterocycles. The van der Waals surface area contributed by atoms with Crippen molar-refractivity contribution in [2.24, 2.45) is 0 Å². The van der Waals surface area contributed by atoms with Crippen molar-refractivity contribution >= 4 is 40.5 Å². The lowest BCUT2D eigenvalue weighted by atomic mass is 9.79. The maximum absolute atomic E-state index is 12.7. The van der Waals surface area contributed by atoms with Crippen molar-refractivity contribution in [2.45, 2.75) is 25.2 Å². The zero-order chi connectivity index (χ0) is 21.8. The normalized spacial score (nSPS) is 18.2. The molecule has 0 fully saturated rings. The second kappa shape index (κ2) is 9.41. The number of ketones is 1. The molecule has 0 radical (unpaired) electrons. The molecule has 2 aromatic rings. The number of rotatable bonds is 6. The van der Waals surface area contributed by atoms with Crippen LogP contribution < -0.4 is 15.4 Å². The fourth-order valence-corrected chi connectivity index (χ4v) is 5.52. The van der Waals surface area contributed by atoms with Crippen molar-refractivity contribution in [1.29, 1.82) is 5.26 Å². The molecular weight excluding hydrogens is 430 g/mol. The van der Waals surface area contributed by atoms with Gasteiger partial charge in [0.1, 0.15) is 5.75 Å². The fraction of sp³-hybridized carbons (Fsp3) is 0.261. The molecule has 4 rings (SSSR count). The molecule has 1 aliphatic carbocycles. The Morgan fingerprint density at radius 2 is 2.23 bits per heavy atom. The Kier molecular flexibility index (Phi) is 6.44. The number of nitrogens with zero attached hydrogens (tertiary/aromatic N) is 1. The molecule has 1 aromatic heterocycles. The Bertz CT molecular complexity index is 1110. The lowest BCUT2D eigenvalue weighted by Crippen LogP contribution is -2.31. The molecule has 0 spiro atoms. The van der Waals surface area contributed by atoms with Crippen molar-refractivity contribution in [3.8, 4) is 11.8 Å². The molecule has 6 nitrogen and oxygen atoms in total. The lowest BCUT2D eigenvalue weighted by Gasteiger charge is -2.32. The van der Waals surface area contributed by atoms with E-state index in [0.717, 1.165) is 23.4 Å². The Hall–Kier alpha value is -3.02. The van der Waals surface area contributed by atoms with Crippen LogP contribution in [-0.2, 0) is 9.59 Å². The van der Waals surface area contributed by atoms with Crippen LogP contribution in [0.25, 0.3) is 0 Å². The van der Waals surface area contributed by atoms with Gasteiger partial charge in [-0.15, -0.1) is 11.3 Å². The molecule has 0 saturated carbocycles. The molecule has 31 heavy (non-hydrogen) atoms. The van der Waals surface area contributed by atoms with E-state index < -0.39 is 0 Å². The van der Waals surface area contributed by atoms with Gasteiger partial charge in [0.25, 0.3) is 0 Å². The van der Waals surface area contributed by atoms with Crippen LogP contribution in [-0.4, -0.2) is 24.6 Å².